The van der Waals surface area contributed by atoms with Crippen molar-refractivity contribution in [3.8, 4) is 11.4 Å². The second-order valence-corrected chi connectivity index (χ2v) is 10.8. The fourth-order valence-electron chi connectivity index (χ4n) is 5.86. The van der Waals surface area contributed by atoms with Crippen molar-refractivity contribution in [1.29, 1.82) is 0 Å². The molecule has 35 heavy (non-hydrogen) atoms. The zero-order valence-corrected chi connectivity index (χ0v) is 21.1. The van der Waals surface area contributed by atoms with Gasteiger partial charge in [0.25, 0.3) is 5.54 Å². The number of nitrogens with zero attached hydrogens (tertiary/aromatic N) is 6. The molecular formula is C26H32N6O2S. The van der Waals surface area contributed by atoms with Crippen LogP contribution in [0.2, 0.25) is 0 Å². The lowest BCUT2D eigenvalue weighted by atomic mass is 9.77. The molecule has 0 spiro atoms. The van der Waals surface area contributed by atoms with Gasteiger partial charge in [-0.05, 0) is 62.7 Å². The second-order valence-electron chi connectivity index (χ2n) is 10.0. The Kier molecular flexibility index (Phi) is 6.21. The van der Waals surface area contributed by atoms with Gasteiger partial charge in [0.15, 0.2) is 6.23 Å². The zero-order chi connectivity index (χ0) is 23.8. The van der Waals surface area contributed by atoms with E-state index in [-0.39, 0.29) is 12.3 Å². The summed E-state index contributed by atoms with van der Waals surface area (Å²) in [4.78, 5) is 11.8. The van der Waals surface area contributed by atoms with Gasteiger partial charge >= 0.3 is 0 Å². The molecule has 1 unspecified atom stereocenters. The largest absolute Gasteiger partial charge is 0.377 e. The summed E-state index contributed by atoms with van der Waals surface area (Å²) in [6, 6.07) is 4.44. The van der Waals surface area contributed by atoms with Crippen LogP contribution in [0.3, 0.4) is 0 Å². The van der Waals surface area contributed by atoms with Gasteiger partial charge in [-0.15, -0.1) is 0 Å². The summed E-state index contributed by atoms with van der Waals surface area (Å²) in [5, 5.41) is 4.62. The van der Waals surface area contributed by atoms with Crippen molar-refractivity contribution in [2.45, 2.75) is 76.1 Å². The van der Waals surface area contributed by atoms with Gasteiger partial charge in [-0.1, -0.05) is 6.42 Å². The van der Waals surface area contributed by atoms with E-state index in [0.717, 1.165) is 91.1 Å². The minimum Gasteiger partial charge on any atom is -0.377 e. The van der Waals surface area contributed by atoms with E-state index in [2.05, 4.69) is 27.8 Å². The van der Waals surface area contributed by atoms with Crippen molar-refractivity contribution < 1.29 is 9.47 Å². The molecule has 184 valence electrons. The van der Waals surface area contributed by atoms with Crippen molar-refractivity contribution >= 4 is 27.6 Å². The van der Waals surface area contributed by atoms with Gasteiger partial charge in [-0.25, -0.2) is 16.2 Å². The highest BCUT2D eigenvalue weighted by atomic mass is 32.1. The Morgan fingerprint density at radius 3 is 2.83 bits per heavy atom. The number of pyridine rings is 1. The molecule has 0 bridgehead atoms. The summed E-state index contributed by atoms with van der Waals surface area (Å²) < 4.78 is 19.7. The first-order chi connectivity index (χ1) is 17.2. The molecule has 9 heteroatoms. The lowest BCUT2D eigenvalue weighted by molar-refractivity contribution is -0.0383. The van der Waals surface area contributed by atoms with E-state index in [4.69, 9.17) is 25.4 Å². The number of ether oxygens (including phenoxy) is 2. The quantitative estimate of drug-likeness (QED) is 0.444. The van der Waals surface area contributed by atoms with Crippen LogP contribution in [-0.4, -0.2) is 51.5 Å². The molecule has 2 atom stereocenters. The molecule has 5 heterocycles. The monoisotopic (exact) mass is 492 g/mol. The SMILES string of the molecule is [C-]#[N+]C1(c2cc(N3CCOC[C@H]3C)nc3c(-c4ccnn4C4CCCCO4)nsc23)CCCCC1. The maximum atomic E-state index is 8.25. The standard InChI is InChI=1S/C26H32N6O2S/c1-18-17-33-15-13-31(18)21-16-19(26(27-2)10-5-3-6-11-26)25-24(29-21)23(30-35-25)20-9-12-28-32(20)22-8-4-7-14-34-22/h9,12,16,18,22H,3-8,10-11,13-15,17H2,1H3/t18-,22?/m1/s1. The highest BCUT2D eigenvalue weighted by Gasteiger charge is 2.43. The fourth-order valence-corrected chi connectivity index (χ4v) is 6.80. The first-order valence-corrected chi connectivity index (χ1v) is 13.7. The molecule has 1 saturated carbocycles. The predicted molar refractivity (Wildman–Crippen MR) is 136 cm³/mol. The van der Waals surface area contributed by atoms with Crippen LogP contribution < -0.4 is 4.90 Å². The Balaban J connectivity index is 1.53. The molecule has 2 saturated heterocycles. The number of fused-ring (bicyclic) bond motifs is 1. The normalized spacial score (nSPS) is 25.0. The number of rotatable bonds is 4. The van der Waals surface area contributed by atoms with Gasteiger partial charge in [0.2, 0.25) is 0 Å². The van der Waals surface area contributed by atoms with E-state index in [1.165, 1.54) is 18.0 Å². The first-order valence-electron chi connectivity index (χ1n) is 12.9. The maximum absolute atomic E-state index is 8.25. The Hall–Kier alpha value is -2.54. The molecule has 3 aliphatic rings. The number of hydrogen-bond acceptors (Lipinski definition) is 7. The van der Waals surface area contributed by atoms with E-state index >= 15 is 0 Å². The third-order valence-corrected chi connectivity index (χ3v) is 8.68. The van der Waals surface area contributed by atoms with Crippen LogP contribution in [0.25, 0.3) is 26.4 Å². The van der Waals surface area contributed by atoms with Crippen LogP contribution >= 0.6 is 11.5 Å². The van der Waals surface area contributed by atoms with E-state index < -0.39 is 5.54 Å². The van der Waals surface area contributed by atoms with Crippen LogP contribution in [0.4, 0.5) is 5.82 Å². The molecule has 3 aromatic rings. The molecule has 2 aliphatic heterocycles. The smallest absolute Gasteiger partial charge is 0.259 e. The summed E-state index contributed by atoms with van der Waals surface area (Å²) in [6.45, 7) is 13.4. The maximum Gasteiger partial charge on any atom is 0.259 e. The molecular weight excluding hydrogens is 460 g/mol. The van der Waals surface area contributed by atoms with Crippen LogP contribution in [0.1, 0.15) is 70.1 Å². The Morgan fingerprint density at radius 2 is 2.06 bits per heavy atom. The third-order valence-electron chi connectivity index (χ3n) is 7.81. The molecule has 3 aromatic heterocycles. The van der Waals surface area contributed by atoms with Crippen molar-refractivity contribution in [3.05, 3.63) is 35.3 Å². The minimum atomic E-state index is -0.500. The van der Waals surface area contributed by atoms with Crippen molar-refractivity contribution in [2.24, 2.45) is 0 Å². The van der Waals surface area contributed by atoms with Gasteiger partial charge in [0.1, 0.15) is 17.0 Å². The molecule has 3 fully saturated rings. The average molecular weight is 493 g/mol. The molecule has 8 nitrogen and oxygen atoms in total. The van der Waals surface area contributed by atoms with Gasteiger partial charge < -0.3 is 19.2 Å². The lowest BCUT2D eigenvalue weighted by Gasteiger charge is -2.35. The topological polar surface area (TPSA) is 69.7 Å². The highest BCUT2D eigenvalue weighted by Crippen LogP contribution is 2.47. The van der Waals surface area contributed by atoms with E-state index in [9.17, 15) is 0 Å². The van der Waals surface area contributed by atoms with Crippen molar-refractivity contribution in [1.82, 2.24) is 19.1 Å². The minimum absolute atomic E-state index is 0.0691. The molecule has 0 radical (unpaired) electrons. The first kappa shape index (κ1) is 22.9. The molecule has 0 amide bonds. The van der Waals surface area contributed by atoms with Gasteiger partial charge in [-0.3, -0.25) is 0 Å². The van der Waals surface area contributed by atoms with Crippen molar-refractivity contribution in [2.75, 3.05) is 31.3 Å². The summed E-state index contributed by atoms with van der Waals surface area (Å²) in [6.07, 6.45) is 10.1. The fraction of sp³-hybridized carbons (Fsp3) is 0.615. The Labute approximate surface area is 210 Å². The van der Waals surface area contributed by atoms with E-state index in [1.54, 1.807) is 0 Å². The summed E-state index contributed by atoms with van der Waals surface area (Å²) in [5.41, 5.74) is 3.27. The van der Waals surface area contributed by atoms with Gasteiger partial charge in [0, 0.05) is 32.2 Å². The Bertz CT molecular complexity index is 1230. The molecule has 1 aliphatic carbocycles. The predicted octanol–water partition coefficient (Wildman–Crippen LogP) is 5.56. The summed E-state index contributed by atoms with van der Waals surface area (Å²) in [5.74, 6) is 0.929. The summed E-state index contributed by atoms with van der Waals surface area (Å²) in [7, 11) is 0. The number of aromatic nitrogens is 4. The third kappa shape index (κ3) is 4.02. The number of morpholine rings is 1. The number of anilines is 1. The van der Waals surface area contributed by atoms with Crippen molar-refractivity contribution in [3.63, 3.8) is 0 Å². The van der Waals surface area contributed by atoms with E-state index in [0.29, 0.717) is 13.2 Å². The van der Waals surface area contributed by atoms with Crippen LogP contribution in [-0.2, 0) is 15.0 Å². The zero-order valence-electron chi connectivity index (χ0n) is 20.3. The number of hydrogen-bond donors (Lipinski definition) is 0. The van der Waals surface area contributed by atoms with E-state index in [1.807, 2.05) is 16.9 Å². The molecule has 6 rings (SSSR count). The van der Waals surface area contributed by atoms with Gasteiger partial charge in [-0.2, -0.15) is 9.47 Å². The molecule has 0 aromatic carbocycles. The average Bonchev–Trinajstić information content (AvgIpc) is 3.56. The second kappa shape index (κ2) is 9.49. The van der Waals surface area contributed by atoms with Crippen LogP contribution in [0.15, 0.2) is 18.3 Å². The van der Waals surface area contributed by atoms with Crippen LogP contribution in [0, 0.1) is 6.57 Å². The summed E-state index contributed by atoms with van der Waals surface area (Å²) >= 11 is 1.48. The highest BCUT2D eigenvalue weighted by molar-refractivity contribution is 7.13. The lowest BCUT2D eigenvalue weighted by Crippen LogP contribution is -2.44. The van der Waals surface area contributed by atoms with Gasteiger partial charge in [0.05, 0.1) is 35.2 Å². The Morgan fingerprint density at radius 1 is 1.17 bits per heavy atom. The molecule has 0 N–H and O–H groups in total. The van der Waals surface area contributed by atoms with Crippen LogP contribution in [0.5, 0.6) is 0 Å².